The molecule has 1 aromatic rings. The van der Waals surface area contributed by atoms with Crippen molar-refractivity contribution in [3.05, 3.63) is 29.8 Å². The average Bonchev–Trinajstić information content (AvgIpc) is 2.35. The number of para-hydroxylation sites is 1. The van der Waals surface area contributed by atoms with Gasteiger partial charge >= 0.3 is 0 Å². The molecule has 0 bridgehead atoms. The van der Waals surface area contributed by atoms with E-state index in [4.69, 9.17) is 4.74 Å². The molecule has 3 unspecified atom stereocenters. The van der Waals surface area contributed by atoms with Crippen LogP contribution in [0.1, 0.15) is 38.7 Å². The van der Waals surface area contributed by atoms with E-state index in [1.165, 1.54) is 0 Å². The van der Waals surface area contributed by atoms with Gasteiger partial charge in [0.1, 0.15) is 5.75 Å². The predicted octanol–water partition coefficient (Wildman–Crippen LogP) is 3.42. The quantitative estimate of drug-likeness (QED) is 0.888. The monoisotopic (exact) mass is 248 g/mol. The Morgan fingerprint density at radius 3 is 2.67 bits per heavy atom. The topological polar surface area (TPSA) is 29.5 Å². The van der Waals surface area contributed by atoms with E-state index in [9.17, 15) is 5.11 Å². The van der Waals surface area contributed by atoms with Crippen LogP contribution in [0.4, 0.5) is 0 Å². The third-order valence-electron chi connectivity index (χ3n) is 4.45. The van der Waals surface area contributed by atoms with Gasteiger partial charge in [-0.2, -0.15) is 0 Å². The van der Waals surface area contributed by atoms with Crippen LogP contribution in [0.25, 0.3) is 0 Å². The summed E-state index contributed by atoms with van der Waals surface area (Å²) in [6.45, 7) is 4.53. The van der Waals surface area contributed by atoms with Crippen LogP contribution in [-0.2, 0) is 6.42 Å². The highest BCUT2D eigenvalue weighted by molar-refractivity contribution is 5.34. The van der Waals surface area contributed by atoms with E-state index in [1.54, 1.807) is 7.11 Å². The smallest absolute Gasteiger partial charge is 0.122 e. The number of rotatable bonds is 3. The van der Waals surface area contributed by atoms with Crippen molar-refractivity contribution in [2.45, 2.75) is 45.1 Å². The van der Waals surface area contributed by atoms with Crippen molar-refractivity contribution in [2.24, 2.45) is 11.8 Å². The molecule has 1 N–H and O–H groups in total. The molecule has 0 heterocycles. The Morgan fingerprint density at radius 2 is 2.00 bits per heavy atom. The average molecular weight is 248 g/mol. The minimum absolute atomic E-state index is 0.555. The van der Waals surface area contributed by atoms with Crippen molar-refractivity contribution in [1.82, 2.24) is 0 Å². The molecule has 3 atom stereocenters. The van der Waals surface area contributed by atoms with Crippen molar-refractivity contribution in [2.75, 3.05) is 7.11 Å². The Hall–Kier alpha value is -1.02. The summed E-state index contributed by atoms with van der Waals surface area (Å²) in [7, 11) is 1.69. The number of hydrogen-bond acceptors (Lipinski definition) is 2. The molecule has 1 aliphatic rings. The molecule has 1 aliphatic carbocycles. The van der Waals surface area contributed by atoms with Crippen LogP contribution in [-0.4, -0.2) is 17.8 Å². The summed E-state index contributed by atoms with van der Waals surface area (Å²) in [6.07, 6.45) is 3.61. The Labute approximate surface area is 110 Å². The molecule has 1 aromatic carbocycles. The Kier molecular flexibility index (Phi) is 3.96. The van der Waals surface area contributed by atoms with Gasteiger partial charge < -0.3 is 9.84 Å². The fourth-order valence-electron chi connectivity index (χ4n) is 3.05. The number of aliphatic hydroxyl groups is 1. The molecule has 2 rings (SSSR count). The molecule has 2 nitrogen and oxygen atoms in total. The van der Waals surface area contributed by atoms with Gasteiger partial charge in [0.15, 0.2) is 0 Å². The van der Waals surface area contributed by atoms with Gasteiger partial charge in [-0.15, -0.1) is 0 Å². The molecule has 0 amide bonds. The number of hydrogen-bond donors (Lipinski definition) is 1. The minimum Gasteiger partial charge on any atom is -0.496 e. The van der Waals surface area contributed by atoms with E-state index in [2.05, 4.69) is 19.9 Å². The summed E-state index contributed by atoms with van der Waals surface area (Å²) in [5.41, 5.74) is 0.560. The van der Waals surface area contributed by atoms with Gasteiger partial charge in [-0.25, -0.2) is 0 Å². The first kappa shape index (κ1) is 13.4. The van der Waals surface area contributed by atoms with E-state index < -0.39 is 5.60 Å². The van der Waals surface area contributed by atoms with Gasteiger partial charge in [0.25, 0.3) is 0 Å². The maximum Gasteiger partial charge on any atom is 0.122 e. The molecule has 100 valence electrons. The molecule has 0 spiro atoms. The third-order valence-corrected chi connectivity index (χ3v) is 4.45. The zero-order valence-corrected chi connectivity index (χ0v) is 11.6. The number of ether oxygens (including phenoxy) is 1. The van der Waals surface area contributed by atoms with Crippen LogP contribution < -0.4 is 4.74 Å². The normalized spacial score (nSPS) is 32.2. The summed E-state index contributed by atoms with van der Waals surface area (Å²) in [5.74, 6) is 2.21. The Morgan fingerprint density at radius 1 is 1.28 bits per heavy atom. The van der Waals surface area contributed by atoms with Crippen LogP contribution in [0, 0.1) is 11.8 Å². The molecule has 18 heavy (non-hydrogen) atoms. The third kappa shape index (κ3) is 2.86. The molecular weight excluding hydrogens is 224 g/mol. The van der Waals surface area contributed by atoms with E-state index >= 15 is 0 Å². The summed E-state index contributed by atoms with van der Waals surface area (Å²) >= 11 is 0. The van der Waals surface area contributed by atoms with Gasteiger partial charge in [0.05, 0.1) is 12.7 Å². The molecule has 1 saturated carbocycles. The first-order chi connectivity index (χ1) is 8.54. The van der Waals surface area contributed by atoms with Crippen LogP contribution >= 0.6 is 0 Å². The molecule has 2 heteroatoms. The van der Waals surface area contributed by atoms with Gasteiger partial charge in [-0.1, -0.05) is 32.0 Å². The molecule has 0 aromatic heterocycles. The standard InChI is InChI=1S/C16H24O2/c1-12-8-9-16(17,10-13(12)2)11-14-6-4-5-7-15(14)18-3/h4-7,12-13,17H,8-11H2,1-3H3. The van der Waals surface area contributed by atoms with Crippen LogP contribution in [0.2, 0.25) is 0 Å². The molecular formula is C16H24O2. The second kappa shape index (κ2) is 5.31. The fraction of sp³-hybridized carbons (Fsp3) is 0.625. The maximum absolute atomic E-state index is 10.8. The largest absolute Gasteiger partial charge is 0.496 e. The van der Waals surface area contributed by atoms with Crippen LogP contribution in [0.5, 0.6) is 5.75 Å². The van der Waals surface area contributed by atoms with Crippen LogP contribution in [0.15, 0.2) is 24.3 Å². The molecule has 0 aliphatic heterocycles. The summed E-state index contributed by atoms with van der Waals surface area (Å²) in [4.78, 5) is 0. The highest BCUT2D eigenvalue weighted by atomic mass is 16.5. The van der Waals surface area contributed by atoms with E-state index in [0.29, 0.717) is 12.3 Å². The van der Waals surface area contributed by atoms with E-state index in [1.807, 2.05) is 18.2 Å². The highest BCUT2D eigenvalue weighted by Crippen LogP contribution is 2.39. The first-order valence-electron chi connectivity index (χ1n) is 6.88. The molecule has 0 saturated heterocycles. The SMILES string of the molecule is COc1ccccc1CC1(O)CCC(C)C(C)C1. The zero-order chi connectivity index (χ0) is 13.2. The zero-order valence-electron chi connectivity index (χ0n) is 11.6. The minimum atomic E-state index is -0.555. The van der Waals surface area contributed by atoms with Gasteiger partial charge in [-0.3, -0.25) is 0 Å². The molecule has 0 radical (unpaired) electrons. The van der Waals surface area contributed by atoms with Crippen LogP contribution in [0.3, 0.4) is 0 Å². The summed E-state index contributed by atoms with van der Waals surface area (Å²) < 4.78 is 5.37. The van der Waals surface area contributed by atoms with Crippen molar-refractivity contribution < 1.29 is 9.84 Å². The van der Waals surface area contributed by atoms with Gasteiger partial charge in [0, 0.05) is 6.42 Å². The van der Waals surface area contributed by atoms with Crippen molar-refractivity contribution in [1.29, 1.82) is 0 Å². The second-order valence-electron chi connectivity index (χ2n) is 5.91. The van der Waals surface area contributed by atoms with Gasteiger partial charge in [0.2, 0.25) is 0 Å². The first-order valence-corrected chi connectivity index (χ1v) is 6.88. The molecule has 1 fully saturated rings. The lowest BCUT2D eigenvalue weighted by Gasteiger charge is -2.39. The van der Waals surface area contributed by atoms with Gasteiger partial charge in [-0.05, 0) is 42.7 Å². The maximum atomic E-state index is 10.8. The lowest BCUT2D eigenvalue weighted by atomic mass is 9.71. The van der Waals surface area contributed by atoms with E-state index in [-0.39, 0.29) is 0 Å². The summed E-state index contributed by atoms with van der Waals surface area (Å²) in [5, 5.41) is 10.8. The second-order valence-corrected chi connectivity index (χ2v) is 5.91. The highest BCUT2D eigenvalue weighted by Gasteiger charge is 2.36. The fourth-order valence-corrected chi connectivity index (χ4v) is 3.05. The summed E-state index contributed by atoms with van der Waals surface area (Å²) in [6, 6.07) is 8.00. The lowest BCUT2D eigenvalue weighted by molar-refractivity contribution is -0.0282. The number of benzene rings is 1. The predicted molar refractivity (Wildman–Crippen MR) is 73.8 cm³/mol. The Bertz CT molecular complexity index is 402. The van der Waals surface area contributed by atoms with Crippen molar-refractivity contribution in [3.63, 3.8) is 0 Å². The lowest BCUT2D eigenvalue weighted by Crippen LogP contribution is -2.39. The van der Waals surface area contributed by atoms with Crippen molar-refractivity contribution in [3.8, 4) is 5.75 Å². The number of methoxy groups -OCH3 is 1. The van der Waals surface area contributed by atoms with Crippen molar-refractivity contribution >= 4 is 0 Å². The Balaban J connectivity index is 2.13. The van der Waals surface area contributed by atoms with E-state index in [0.717, 1.165) is 36.5 Å².